The highest BCUT2D eigenvalue weighted by Crippen LogP contribution is 2.09. The molecule has 1 fully saturated rings. The molecule has 0 radical (unpaired) electrons. The highest BCUT2D eigenvalue weighted by Gasteiger charge is 2.12. The first-order valence-electron chi connectivity index (χ1n) is 4.77. The Hall–Kier alpha value is -0.380. The van der Waals surface area contributed by atoms with Gasteiger partial charge in [-0.05, 0) is 35.2 Å². The van der Waals surface area contributed by atoms with Gasteiger partial charge < -0.3 is 10.1 Å². The van der Waals surface area contributed by atoms with E-state index < -0.39 is 0 Å². The van der Waals surface area contributed by atoms with Crippen molar-refractivity contribution < 1.29 is 4.74 Å². The Labute approximate surface area is 82.9 Å². The van der Waals surface area contributed by atoms with Gasteiger partial charge >= 0.3 is 0 Å². The standard InChI is InChI=1S/C10H15NOS/c1-2-10(7-12-4-1)11-6-9-3-5-13-8-9/h3,5,8,10-11H,1-2,4,6-7H2. The fraction of sp³-hybridized carbons (Fsp3) is 0.600. The molecule has 2 rings (SSSR count). The second kappa shape index (κ2) is 4.74. The van der Waals surface area contributed by atoms with Gasteiger partial charge in [0, 0.05) is 19.2 Å². The van der Waals surface area contributed by atoms with Crippen LogP contribution in [-0.4, -0.2) is 19.3 Å². The Bertz CT molecular complexity index is 229. The molecule has 1 unspecified atom stereocenters. The summed E-state index contributed by atoms with van der Waals surface area (Å²) in [6, 6.07) is 2.73. The zero-order valence-electron chi connectivity index (χ0n) is 7.66. The zero-order chi connectivity index (χ0) is 8.93. The summed E-state index contributed by atoms with van der Waals surface area (Å²) in [6.45, 7) is 2.80. The Balaban J connectivity index is 1.72. The average Bonchev–Trinajstić information content (AvgIpc) is 2.69. The highest BCUT2D eigenvalue weighted by atomic mass is 32.1. The van der Waals surface area contributed by atoms with E-state index in [0.717, 1.165) is 19.8 Å². The zero-order valence-corrected chi connectivity index (χ0v) is 8.48. The Morgan fingerprint density at radius 3 is 3.31 bits per heavy atom. The highest BCUT2D eigenvalue weighted by molar-refractivity contribution is 7.07. The van der Waals surface area contributed by atoms with Gasteiger partial charge in [-0.15, -0.1) is 0 Å². The van der Waals surface area contributed by atoms with Crippen LogP contribution in [0.1, 0.15) is 18.4 Å². The molecule has 72 valence electrons. The van der Waals surface area contributed by atoms with Gasteiger partial charge in [0.05, 0.1) is 6.61 Å². The van der Waals surface area contributed by atoms with Crippen molar-refractivity contribution in [3.05, 3.63) is 22.4 Å². The summed E-state index contributed by atoms with van der Waals surface area (Å²) < 4.78 is 5.39. The van der Waals surface area contributed by atoms with Crippen LogP contribution in [0.3, 0.4) is 0 Å². The van der Waals surface area contributed by atoms with E-state index in [4.69, 9.17) is 4.74 Å². The second-order valence-electron chi connectivity index (χ2n) is 3.43. The van der Waals surface area contributed by atoms with Crippen LogP contribution in [0.5, 0.6) is 0 Å². The molecule has 0 bridgehead atoms. The lowest BCUT2D eigenvalue weighted by molar-refractivity contribution is 0.0699. The molecule has 1 aliphatic heterocycles. The third-order valence-electron chi connectivity index (χ3n) is 2.34. The van der Waals surface area contributed by atoms with Crippen molar-refractivity contribution in [3.8, 4) is 0 Å². The normalized spacial score (nSPS) is 23.2. The first-order chi connectivity index (χ1) is 6.45. The van der Waals surface area contributed by atoms with Crippen LogP contribution < -0.4 is 5.32 Å². The molecule has 2 nitrogen and oxygen atoms in total. The molecule has 1 saturated heterocycles. The van der Waals surface area contributed by atoms with E-state index in [2.05, 4.69) is 22.1 Å². The van der Waals surface area contributed by atoms with Crippen molar-refractivity contribution in [1.82, 2.24) is 5.32 Å². The summed E-state index contributed by atoms with van der Waals surface area (Å²) in [5.41, 5.74) is 1.38. The van der Waals surface area contributed by atoms with Crippen LogP contribution >= 0.6 is 11.3 Å². The van der Waals surface area contributed by atoms with Crippen LogP contribution in [0.4, 0.5) is 0 Å². The molecule has 0 aromatic carbocycles. The minimum Gasteiger partial charge on any atom is -0.380 e. The maximum Gasteiger partial charge on any atom is 0.0619 e. The first-order valence-corrected chi connectivity index (χ1v) is 5.71. The number of thiophene rings is 1. The van der Waals surface area contributed by atoms with Crippen molar-refractivity contribution in [3.63, 3.8) is 0 Å². The van der Waals surface area contributed by atoms with Crippen LogP contribution in [-0.2, 0) is 11.3 Å². The van der Waals surface area contributed by atoms with Crippen molar-refractivity contribution in [2.75, 3.05) is 13.2 Å². The Morgan fingerprint density at radius 2 is 2.62 bits per heavy atom. The molecular weight excluding hydrogens is 182 g/mol. The predicted molar refractivity (Wildman–Crippen MR) is 55.0 cm³/mol. The molecule has 0 amide bonds. The minimum absolute atomic E-state index is 0.564. The molecule has 1 atom stereocenters. The van der Waals surface area contributed by atoms with Crippen LogP contribution in [0.2, 0.25) is 0 Å². The lowest BCUT2D eigenvalue weighted by Crippen LogP contribution is -2.36. The third-order valence-corrected chi connectivity index (χ3v) is 3.07. The predicted octanol–water partition coefficient (Wildman–Crippen LogP) is 2.02. The number of nitrogens with one attached hydrogen (secondary N) is 1. The van der Waals surface area contributed by atoms with E-state index >= 15 is 0 Å². The summed E-state index contributed by atoms with van der Waals surface area (Å²) in [6.07, 6.45) is 2.45. The lowest BCUT2D eigenvalue weighted by Gasteiger charge is -2.22. The molecule has 0 spiro atoms. The molecule has 2 heterocycles. The number of hydrogen-bond acceptors (Lipinski definition) is 3. The van der Waals surface area contributed by atoms with E-state index in [-0.39, 0.29) is 0 Å². The number of hydrogen-bond donors (Lipinski definition) is 1. The molecule has 0 aliphatic carbocycles. The van der Waals surface area contributed by atoms with Crippen molar-refractivity contribution in [1.29, 1.82) is 0 Å². The van der Waals surface area contributed by atoms with Gasteiger partial charge in [0.1, 0.15) is 0 Å². The molecule has 1 aromatic rings. The monoisotopic (exact) mass is 197 g/mol. The van der Waals surface area contributed by atoms with Gasteiger partial charge in [0.15, 0.2) is 0 Å². The molecule has 3 heteroatoms. The van der Waals surface area contributed by atoms with Crippen molar-refractivity contribution in [2.45, 2.75) is 25.4 Å². The fourth-order valence-electron chi connectivity index (χ4n) is 1.56. The summed E-state index contributed by atoms with van der Waals surface area (Å²) in [5, 5.41) is 7.82. The second-order valence-corrected chi connectivity index (χ2v) is 4.21. The molecule has 1 N–H and O–H groups in total. The molecule has 1 aromatic heterocycles. The van der Waals surface area contributed by atoms with Gasteiger partial charge in [-0.2, -0.15) is 11.3 Å². The summed E-state index contributed by atoms with van der Waals surface area (Å²) in [4.78, 5) is 0. The molecule has 0 saturated carbocycles. The van der Waals surface area contributed by atoms with E-state index in [1.165, 1.54) is 18.4 Å². The van der Waals surface area contributed by atoms with Crippen LogP contribution in [0.25, 0.3) is 0 Å². The van der Waals surface area contributed by atoms with Crippen molar-refractivity contribution >= 4 is 11.3 Å². The summed E-state index contributed by atoms with van der Waals surface area (Å²) in [7, 11) is 0. The van der Waals surface area contributed by atoms with Crippen molar-refractivity contribution in [2.24, 2.45) is 0 Å². The smallest absolute Gasteiger partial charge is 0.0619 e. The number of ether oxygens (including phenoxy) is 1. The van der Waals surface area contributed by atoms with E-state index in [1.807, 2.05) is 0 Å². The third kappa shape index (κ3) is 2.79. The minimum atomic E-state index is 0.564. The maximum atomic E-state index is 5.39. The number of rotatable bonds is 3. The van der Waals surface area contributed by atoms with Crippen LogP contribution in [0.15, 0.2) is 16.8 Å². The molecule has 1 aliphatic rings. The van der Waals surface area contributed by atoms with E-state index in [0.29, 0.717) is 6.04 Å². The maximum absolute atomic E-state index is 5.39. The first kappa shape index (κ1) is 9.19. The van der Waals surface area contributed by atoms with E-state index in [9.17, 15) is 0 Å². The molecular formula is C10H15NOS. The van der Waals surface area contributed by atoms with Gasteiger partial charge in [-0.1, -0.05) is 0 Å². The topological polar surface area (TPSA) is 21.3 Å². The lowest BCUT2D eigenvalue weighted by atomic mass is 10.1. The van der Waals surface area contributed by atoms with E-state index in [1.54, 1.807) is 11.3 Å². The fourth-order valence-corrected chi connectivity index (χ4v) is 2.23. The Kier molecular flexibility index (Phi) is 3.35. The van der Waals surface area contributed by atoms with Gasteiger partial charge in [0.2, 0.25) is 0 Å². The largest absolute Gasteiger partial charge is 0.380 e. The van der Waals surface area contributed by atoms with Crippen LogP contribution in [0, 0.1) is 0 Å². The summed E-state index contributed by atoms with van der Waals surface area (Å²) in [5.74, 6) is 0. The molecule has 13 heavy (non-hydrogen) atoms. The summed E-state index contributed by atoms with van der Waals surface area (Å²) >= 11 is 1.75. The van der Waals surface area contributed by atoms with Gasteiger partial charge in [-0.25, -0.2) is 0 Å². The Morgan fingerprint density at radius 1 is 1.62 bits per heavy atom. The average molecular weight is 197 g/mol. The van der Waals surface area contributed by atoms with Gasteiger partial charge in [0.25, 0.3) is 0 Å². The SMILES string of the molecule is c1cc(CNC2CCCOC2)cs1. The quantitative estimate of drug-likeness (QED) is 0.800. The van der Waals surface area contributed by atoms with Gasteiger partial charge in [-0.3, -0.25) is 0 Å².